The summed E-state index contributed by atoms with van der Waals surface area (Å²) in [7, 11) is 0. The van der Waals surface area contributed by atoms with E-state index in [2.05, 4.69) is 20.8 Å². The molecule has 17 heavy (non-hydrogen) atoms. The topological polar surface area (TPSA) is 37.3 Å². The van der Waals surface area contributed by atoms with Crippen LogP contribution in [-0.4, -0.2) is 17.0 Å². The second-order valence-corrected chi connectivity index (χ2v) is 6.95. The van der Waals surface area contributed by atoms with Crippen LogP contribution in [0, 0.1) is 16.7 Å². The third-order valence-corrected chi connectivity index (χ3v) is 5.78. The molecule has 1 unspecified atom stereocenters. The van der Waals surface area contributed by atoms with E-state index in [0.29, 0.717) is 18.1 Å². The predicted octanol–water partition coefficient (Wildman–Crippen LogP) is 2.85. The van der Waals surface area contributed by atoms with E-state index in [1.54, 1.807) is 0 Å². The number of hydrogen-bond donors (Lipinski definition) is 1. The number of fused-ring (bicyclic) bond motifs is 2. The molecule has 0 aliphatic heterocycles. The Hall–Kier alpha value is -0.630. The van der Waals surface area contributed by atoms with Gasteiger partial charge in [-0.2, -0.15) is 0 Å². The van der Waals surface area contributed by atoms with Crippen molar-refractivity contribution in [2.45, 2.75) is 59.0 Å². The van der Waals surface area contributed by atoms with Crippen molar-refractivity contribution in [1.29, 1.82) is 0 Å². The molecule has 2 nitrogen and oxygen atoms in total. The van der Waals surface area contributed by atoms with Crippen molar-refractivity contribution >= 4 is 5.78 Å². The van der Waals surface area contributed by atoms with E-state index in [0.717, 1.165) is 31.3 Å². The summed E-state index contributed by atoms with van der Waals surface area (Å²) < 4.78 is 0. The molecule has 3 aliphatic carbocycles. The van der Waals surface area contributed by atoms with Gasteiger partial charge in [-0.25, -0.2) is 0 Å². The summed E-state index contributed by atoms with van der Waals surface area (Å²) in [5.74, 6) is 0.691. The van der Waals surface area contributed by atoms with Crippen molar-refractivity contribution in [1.82, 2.24) is 0 Å². The first-order chi connectivity index (χ1) is 7.87. The number of rotatable bonds is 0. The normalized spacial score (nSPS) is 43.9. The molecule has 0 radical (unpaired) electrons. The van der Waals surface area contributed by atoms with Crippen molar-refractivity contribution in [3.8, 4) is 0 Å². The summed E-state index contributed by atoms with van der Waals surface area (Å²) in [4.78, 5) is 12.2. The van der Waals surface area contributed by atoms with Crippen LogP contribution in [0.3, 0.4) is 0 Å². The van der Waals surface area contributed by atoms with Crippen LogP contribution in [-0.2, 0) is 4.79 Å². The van der Waals surface area contributed by atoms with E-state index in [1.807, 2.05) is 0 Å². The maximum absolute atomic E-state index is 12.2. The summed E-state index contributed by atoms with van der Waals surface area (Å²) in [6.45, 7) is 6.53. The first-order valence-electron chi connectivity index (χ1n) is 6.81. The Morgan fingerprint density at radius 3 is 2.65 bits per heavy atom. The Morgan fingerprint density at radius 2 is 1.94 bits per heavy atom. The van der Waals surface area contributed by atoms with Gasteiger partial charge in [-0.1, -0.05) is 26.3 Å². The number of Topliss-reactive ketones (excluding diaryl/α,β-unsaturated/α-hetero) is 1. The lowest BCUT2D eigenvalue weighted by Gasteiger charge is -2.42. The lowest BCUT2D eigenvalue weighted by Crippen LogP contribution is -2.38. The quantitative estimate of drug-likeness (QED) is 0.699. The van der Waals surface area contributed by atoms with Crippen molar-refractivity contribution in [2.75, 3.05) is 0 Å². The van der Waals surface area contributed by atoms with Crippen molar-refractivity contribution in [3.05, 3.63) is 11.1 Å². The van der Waals surface area contributed by atoms with Crippen LogP contribution in [0.1, 0.15) is 52.9 Å². The molecule has 3 atom stereocenters. The summed E-state index contributed by atoms with van der Waals surface area (Å²) >= 11 is 0. The minimum absolute atomic E-state index is 0.0860. The van der Waals surface area contributed by atoms with Gasteiger partial charge in [0.15, 0.2) is 5.78 Å². The van der Waals surface area contributed by atoms with E-state index < -0.39 is 0 Å². The largest absolute Gasteiger partial charge is 0.393 e. The highest BCUT2D eigenvalue weighted by atomic mass is 16.3. The number of ketones is 1. The fourth-order valence-corrected chi connectivity index (χ4v) is 4.67. The van der Waals surface area contributed by atoms with Crippen LogP contribution in [0.15, 0.2) is 11.1 Å². The van der Waals surface area contributed by atoms with Crippen molar-refractivity contribution < 1.29 is 9.90 Å². The molecule has 3 rings (SSSR count). The van der Waals surface area contributed by atoms with E-state index in [9.17, 15) is 9.90 Å². The Kier molecular flexibility index (Phi) is 2.17. The van der Waals surface area contributed by atoms with Gasteiger partial charge in [-0.15, -0.1) is 0 Å². The molecule has 0 heterocycles. The minimum atomic E-state index is -0.266. The fourth-order valence-electron chi connectivity index (χ4n) is 4.67. The molecule has 0 spiro atoms. The molecule has 2 heteroatoms. The third kappa shape index (κ3) is 1.28. The smallest absolute Gasteiger partial charge is 0.159 e. The standard InChI is InChI=1S/C15H22O2/c1-14(2)12-7-11(16)9-5-4-6-10(9)15(12,3)8-13(14)17/h12-13,17H,4-8H2,1-3H3/t12-,13?,15-/m1/s1. The molecule has 3 aliphatic rings. The first kappa shape index (κ1) is 11.5. The number of carbonyl (C=O) groups excluding carboxylic acids is 1. The SMILES string of the molecule is CC1(C)C(O)C[C@]2(C)C3=C(CCC3)C(=O)C[C@H]12. The summed E-state index contributed by atoms with van der Waals surface area (Å²) in [6.07, 6.45) is 4.42. The lowest BCUT2D eigenvalue weighted by molar-refractivity contribution is -0.119. The van der Waals surface area contributed by atoms with Gasteiger partial charge in [-0.3, -0.25) is 4.79 Å². The number of hydrogen-bond acceptors (Lipinski definition) is 2. The highest BCUT2D eigenvalue weighted by molar-refractivity contribution is 5.98. The molecule has 0 aromatic carbocycles. The van der Waals surface area contributed by atoms with Crippen LogP contribution in [0.2, 0.25) is 0 Å². The summed E-state index contributed by atoms with van der Waals surface area (Å²) in [5, 5.41) is 10.3. The average Bonchev–Trinajstić information content (AvgIpc) is 2.78. The number of allylic oxidation sites excluding steroid dienone is 2. The molecule has 0 bridgehead atoms. The molecule has 1 fully saturated rings. The van der Waals surface area contributed by atoms with Crippen LogP contribution in [0.4, 0.5) is 0 Å². The van der Waals surface area contributed by atoms with Gasteiger partial charge in [0.05, 0.1) is 6.10 Å². The molecule has 0 aromatic rings. The van der Waals surface area contributed by atoms with E-state index in [-0.39, 0.29) is 16.9 Å². The van der Waals surface area contributed by atoms with Gasteiger partial charge in [0.1, 0.15) is 0 Å². The van der Waals surface area contributed by atoms with E-state index in [1.165, 1.54) is 5.57 Å². The first-order valence-corrected chi connectivity index (χ1v) is 6.81. The molecule has 0 saturated heterocycles. The Morgan fingerprint density at radius 1 is 1.24 bits per heavy atom. The number of carbonyl (C=O) groups is 1. The van der Waals surface area contributed by atoms with Crippen LogP contribution >= 0.6 is 0 Å². The predicted molar refractivity (Wildman–Crippen MR) is 66.5 cm³/mol. The van der Waals surface area contributed by atoms with Gasteiger partial charge < -0.3 is 5.11 Å². The molecule has 94 valence electrons. The highest BCUT2D eigenvalue weighted by Crippen LogP contribution is 2.63. The summed E-state index contributed by atoms with van der Waals surface area (Å²) in [6, 6.07) is 0. The van der Waals surface area contributed by atoms with Crippen LogP contribution in [0.25, 0.3) is 0 Å². The number of aliphatic hydroxyl groups excluding tert-OH is 1. The van der Waals surface area contributed by atoms with Gasteiger partial charge in [0.25, 0.3) is 0 Å². The third-order valence-electron chi connectivity index (χ3n) is 5.78. The van der Waals surface area contributed by atoms with E-state index >= 15 is 0 Å². The molecular formula is C15H22O2. The van der Waals surface area contributed by atoms with E-state index in [4.69, 9.17) is 0 Å². The molecule has 1 N–H and O–H groups in total. The number of aliphatic hydroxyl groups is 1. The Bertz CT molecular complexity index is 419. The highest BCUT2D eigenvalue weighted by Gasteiger charge is 2.59. The molecule has 1 saturated carbocycles. The van der Waals surface area contributed by atoms with Gasteiger partial charge in [-0.05, 0) is 48.0 Å². The zero-order chi connectivity index (χ0) is 12.4. The molecular weight excluding hydrogens is 212 g/mol. The Labute approximate surface area is 103 Å². The fraction of sp³-hybridized carbons (Fsp3) is 0.800. The monoisotopic (exact) mass is 234 g/mol. The maximum Gasteiger partial charge on any atom is 0.159 e. The lowest BCUT2D eigenvalue weighted by atomic mass is 9.61. The van der Waals surface area contributed by atoms with Crippen LogP contribution < -0.4 is 0 Å². The molecule has 0 amide bonds. The zero-order valence-electron chi connectivity index (χ0n) is 11.0. The van der Waals surface area contributed by atoms with Gasteiger partial charge in [0.2, 0.25) is 0 Å². The van der Waals surface area contributed by atoms with Gasteiger partial charge in [0, 0.05) is 6.42 Å². The van der Waals surface area contributed by atoms with Crippen LogP contribution in [0.5, 0.6) is 0 Å². The van der Waals surface area contributed by atoms with Gasteiger partial charge >= 0.3 is 0 Å². The Balaban J connectivity index is 2.12. The second kappa shape index (κ2) is 3.23. The van der Waals surface area contributed by atoms with Crippen molar-refractivity contribution in [3.63, 3.8) is 0 Å². The summed E-state index contributed by atoms with van der Waals surface area (Å²) in [5.41, 5.74) is 2.48. The second-order valence-electron chi connectivity index (χ2n) is 6.95. The minimum Gasteiger partial charge on any atom is -0.393 e. The zero-order valence-corrected chi connectivity index (χ0v) is 11.0. The molecule has 0 aromatic heterocycles. The average molecular weight is 234 g/mol. The maximum atomic E-state index is 12.2. The van der Waals surface area contributed by atoms with Crippen molar-refractivity contribution in [2.24, 2.45) is 16.7 Å².